The molecule has 0 amide bonds. The SMILES string of the molecule is CNc1cc(F)cc2c1CC(=O)C(=C(O)Cc1ccc(C(=O)O)cc1)C2=NCC1CCNC1. The number of hydrogen-bond acceptors (Lipinski definition) is 6. The third-order valence-corrected chi connectivity index (χ3v) is 6.12. The van der Waals surface area contributed by atoms with Crippen molar-refractivity contribution in [1.82, 2.24) is 5.32 Å². The maximum atomic E-state index is 14.4. The topological polar surface area (TPSA) is 111 Å². The Bertz CT molecular complexity index is 1150. The Morgan fingerprint density at radius 2 is 2.00 bits per heavy atom. The molecule has 7 nitrogen and oxygen atoms in total. The number of rotatable bonds is 6. The van der Waals surface area contributed by atoms with Gasteiger partial charge in [-0.1, -0.05) is 12.1 Å². The molecule has 2 aromatic carbocycles. The van der Waals surface area contributed by atoms with Gasteiger partial charge in [-0.25, -0.2) is 9.18 Å². The number of halogens is 1. The Hall–Kier alpha value is -3.52. The van der Waals surface area contributed by atoms with Crippen LogP contribution in [-0.2, 0) is 17.6 Å². The molecule has 0 bridgehead atoms. The fraction of sp³-hybridized carbons (Fsp3) is 0.320. The maximum absolute atomic E-state index is 14.4. The fourth-order valence-corrected chi connectivity index (χ4v) is 4.38. The third kappa shape index (κ3) is 4.80. The van der Waals surface area contributed by atoms with E-state index in [1.54, 1.807) is 19.2 Å². The summed E-state index contributed by atoms with van der Waals surface area (Å²) in [6.45, 7) is 2.19. The number of aliphatic hydroxyl groups is 1. The predicted molar refractivity (Wildman–Crippen MR) is 124 cm³/mol. The van der Waals surface area contributed by atoms with Crippen LogP contribution in [-0.4, -0.2) is 54.4 Å². The van der Waals surface area contributed by atoms with Gasteiger partial charge in [-0.05, 0) is 60.8 Å². The highest BCUT2D eigenvalue weighted by molar-refractivity contribution is 6.32. The highest BCUT2D eigenvalue weighted by atomic mass is 19.1. The number of fused-ring (bicyclic) bond motifs is 1. The van der Waals surface area contributed by atoms with Gasteiger partial charge in [0.2, 0.25) is 0 Å². The van der Waals surface area contributed by atoms with E-state index in [1.165, 1.54) is 24.3 Å². The van der Waals surface area contributed by atoms with Crippen molar-refractivity contribution in [2.75, 3.05) is 32.0 Å². The molecule has 172 valence electrons. The number of benzene rings is 2. The van der Waals surface area contributed by atoms with Crippen LogP contribution >= 0.6 is 0 Å². The zero-order valence-electron chi connectivity index (χ0n) is 18.3. The van der Waals surface area contributed by atoms with Crippen molar-refractivity contribution in [3.63, 3.8) is 0 Å². The summed E-state index contributed by atoms with van der Waals surface area (Å²) in [7, 11) is 1.67. The summed E-state index contributed by atoms with van der Waals surface area (Å²) in [4.78, 5) is 29.0. The number of carboxylic acids is 1. The Morgan fingerprint density at radius 1 is 1.24 bits per heavy atom. The molecular formula is C25H26FN3O4. The van der Waals surface area contributed by atoms with Gasteiger partial charge in [0.05, 0.1) is 16.8 Å². The number of carbonyl (C=O) groups excluding carboxylic acids is 1. The molecule has 4 N–H and O–H groups in total. The monoisotopic (exact) mass is 451 g/mol. The minimum atomic E-state index is -1.04. The molecule has 1 heterocycles. The number of ketones is 1. The molecule has 1 aliphatic carbocycles. The molecule has 0 saturated carbocycles. The fourth-order valence-electron chi connectivity index (χ4n) is 4.38. The first-order chi connectivity index (χ1) is 15.9. The van der Waals surface area contributed by atoms with Crippen LogP contribution in [0.1, 0.15) is 33.5 Å². The molecule has 8 heteroatoms. The normalized spacial score (nSPS) is 20.6. The number of Topliss-reactive ketones (excluding diaryl/α,β-unsaturated/α-hetero) is 1. The number of aliphatic imine (C=N–C) groups is 1. The van der Waals surface area contributed by atoms with Crippen LogP contribution in [0.3, 0.4) is 0 Å². The summed E-state index contributed by atoms with van der Waals surface area (Å²) < 4.78 is 14.4. The van der Waals surface area contributed by atoms with Crippen molar-refractivity contribution in [3.8, 4) is 0 Å². The largest absolute Gasteiger partial charge is 0.511 e. The van der Waals surface area contributed by atoms with Crippen molar-refractivity contribution in [2.45, 2.75) is 19.3 Å². The van der Waals surface area contributed by atoms with Crippen molar-refractivity contribution in [2.24, 2.45) is 10.9 Å². The van der Waals surface area contributed by atoms with Crippen LogP contribution in [0.25, 0.3) is 0 Å². The number of carbonyl (C=O) groups is 2. The van der Waals surface area contributed by atoms with E-state index in [-0.39, 0.29) is 35.5 Å². The van der Waals surface area contributed by atoms with Gasteiger partial charge in [0.15, 0.2) is 5.78 Å². The number of carboxylic acid groups (broad SMARTS) is 1. The van der Waals surface area contributed by atoms with Crippen LogP contribution < -0.4 is 10.6 Å². The van der Waals surface area contributed by atoms with E-state index in [1.807, 2.05) is 0 Å². The number of nitrogens with zero attached hydrogens (tertiary/aromatic N) is 1. The molecule has 33 heavy (non-hydrogen) atoms. The number of aromatic carboxylic acids is 1. The van der Waals surface area contributed by atoms with Gasteiger partial charge in [-0.2, -0.15) is 0 Å². The Labute approximate surface area is 191 Å². The molecule has 0 radical (unpaired) electrons. The average molecular weight is 451 g/mol. The van der Waals surface area contributed by atoms with Crippen LogP contribution in [0, 0.1) is 11.7 Å². The van der Waals surface area contributed by atoms with Crippen LogP contribution in [0.4, 0.5) is 10.1 Å². The maximum Gasteiger partial charge on any atom is 0.335 e. The molecule has 0 spiro atoms. The molecule has 1 saturated heterocycles. The highest BCUT2D eigenvalue weighted by Gasteiger charge is 2.32. The minimum absolute atomic E-state index is 0.0210. The molecule has 2 aromatic rings. The van der Waals surface area contributed by atoms with Crippen molar-refractivity contribution in [3.05, 3.63) is 75.8 Å². The molecule has 1 fully saturated rings. The smallest absolute Gasteiger partial charge is 0.335 e. The zero-order valence-corrected chi connectivity index (χ0v) is 18.3. The molecule has 1 aliphatic heterocycles. The first-order valence-corrected chi connectivity index (χ1v) is 10.9. The Kier molecular flexibility index (Phi) is 6.55. The molecule has 4 rings (SSSR count). The van der Waals surface area contributed by atoms with Crippen LogP contribution in [0.2, 0.25) is 0 Å². The highest BCUT2D eigenvalue weighted by Crippen LogP contribution is 2.32. The average Bonchev–Trinajstić information content (AvgIpc) is 3.31. The third-order valence-electron chi connectivity index (χ3n) is 6.12. The molecule has 1 unspecified atom stereocenters. The summed E-state index contributed by atoms with van der Waals surface area (Å²) in [6.07, 6.45) is 1.02. The van der Waals surface area contributed by atoms with E-state index in [0.717, 1.165) is 19.5 Å². The summed E-state index contributed by atoms with van der Waals surface area (Å²) in [5.74, 6) is -1.63. The lowest BCUT2D eigenvalue weighted by Gasteiger charge is -2.24. The van der Waals surface area contributed by atoms with E-state index in [0.29, 0.717) is 40.6 Å². The van der Waals surface area contributed by atoms with Gasteiger partial charge in [0.1, 0.15) is 11.6 Å². The van der Waals surface area contributed by atoms with Gasteiger partial charge in [0, 0.05) is 37.7 Å². The van der Waals surface area contributed by atoms with Gasteiger partial charge in [-0.15, -0.1) is 0 Å². The second-order valence-electron chi connectivity index (χ2n) is 8.38. The predicted octanol–water partition coefficient (Wildman–Crippen LogP) is 3.14. The molecular weight excluding hydrogens is 425 g/mol. The quantitative estimate of drug-likeness (QED) is 0.397. The first kappa shape index (κ1) is 22.7. The van der Waals surface area contributed by atoms with Crippen molar-refractivity contribution in [1.29, 1.82) is 0 Å². The first-order valence-electron chi connectivity index (χ1n) is 10.9. The minimum Gasteiger partial charge on any atom is -0.511 e. The second kappa shape index (κ2) is 9.54. The lowest BCUT2D eigenvalue weighted by Crippen LogP contribution is -2.28. The van der Waals surface area contributed by atoms with Gasteiger partial charge in [-0.3, -0.25) is 9.79 Å². The second-order valence-corrected chi connectivity index (χ2v) is 8.38. The number of nitrogens with one attached hydrogen (secondary N) is 2. The summed E-state index contributed by atoms with van der Waals surface area (Å²) in [5.41, 5.74) is 2.89. The van der Waals surface area contributed by atoms with E-state index >= 15 is 0 Å². The lowest BCUT2D eigenvalue weighted by molar-refractivity contribution is -0.114. The van der Waals surface area contributed by atoms with E-state index < -0.39 is 11.8 Å². The Morgan fingerprint density at radius 3 is 2.64 bits per heavy atom. The number of allylic oxidation sites excluding steroid dienone is 2. The summed E-state index contributed by atoms with van der Waals surface area (Å²) >= 11 is 0. The van der Waals surface area contributed by atoms with Crippen molar-refractivity contribution < 1.29 is 24.2 Å². The number of aliphatic hydroxyl groups excluding tert-OH is 1. The number of hydrogen-bond donors (Lipinski definition) is 4. The Balaban J connectivity index is 1.77. The zero-order chi connectivity index (χ0) is 23.5. The van der Waals surface area contributed by atoms with Crippen molar-refractivity contribution >= 4 is 23.2 Å². The van der Waals surface area contributed by atoms with E-state index in [4.69, 9.17) is 10.1 Å². The van der Waals surface area contributed by atoms with Gasteiger partial charge < -0.3 is 20.8 Å². The van der Waals surface area contributed by atoms with E-state index in [9.17, 15) is 19.1 Å². The van der Waals surface area contributed by atoms with Gasteiger partial charge >= 0.3 is 5.97 Å². The molecule has 1 atom stereocenters. The van der Waals surface area contributed by atoms with Crippen LogP contribution in [0.15, 0.2) is 52.7 Å². The molecule has 2 aliphatic rings. The van der Waals surface area contributed by atoms with Gasteiger partial charge in [0.25, 0.3) is 0 Å². The van der Waals surface area contributed by atoms with E-state index in [2.05, 4.69) is 10.6 Å². The summed E-state index contributed by atoms with van der Waals surface area (Å²) in [6, 6.07) is 8.81. The lowest BCUT2D eigenvalue weighted by atomic mass is 9.82. The van der Waals surface area contributed by atoms with Crippen LogP contribution in [0.5, 0.6) is 0 Å². The standard InChI is InChI=1S/C25H26FN3O4/c1-27-20-10-17(26)9-19-18(20)11-22(31)23(24(19)29-13-15-6-7-28-12-15)21(30)8-14-2-4-16(5-3-14)25(32)33/h2-5,9-10,15,27-28,30H,6-8,11-13H2,1H3,(H,32,33). The number of anilines is 1. The summed E-state index contributed by atoms with van der Waals surface area (Å²) in [5, 5.41) is 26.3. The molecule has 0 aromatic heterocycles.